The topological polar surface area (TPSA) is 92.4 Å². The minimum Gasteiger partial charge on any atom is -0.480 e. The number of nitrogens with one attached hydrogen (secondary N) is 1. The highest BCUT2D eigenvalue weighted by Gasteiger charge is 2.23. The van der Waals surface area contributed by atoms with Crippen molar-refractivity contribution in [3.8, 4) is 0 Å². The van der Waals surface area contributed by atoms with Gasteiger partial charge in [-0.05, 0) is 12.8 Å². The molecule has 0 fully saturated rings. The first-order valence-corrected chi connectivity index (χ1v) is 6.09. The highest BCUT2D eigenvalue weighted by atomic mass is 19.1. The van der Waals surface area contributed by atoms with Crippen LogP contribution in [0.5, 0.6) is 0 Å². The molecule has 0 bridgehead atoms. The summed E-state index contributed by atoms with van der Waals surface area (Å²) in [6.45, 7) is 2.80. The van der Waals surface area contributed by atoms with Crippen molar-refractivity contribution in [1.82, 2.24) is 10.5 Å². The molecule has 1 aromatic rings. The van der Waals surface area contributed by atoms with Gasteiger partial charge < -0.3 is 14.9 Å². The number of amides is 1. The van der Waals surface area contributed by atoms with Crippen molar-refractivity contribution >= 4 is 11.9 Å². The Labute approximate surface area is 110 Å². The molecule has 1 heterocycles. The zero-order chi connectivity index (χ0) is 14.4. The van der Waals surface area contributed by atoms with E-state index in [1.807, 2.05) is 19.2 Å². The van der Waals surface area contributed by atoms with Gasteiger partial charge in [0.25, 0.3) is 5.91 Å². The van der Waals surface area contributed by atoms with E-state index >= 15 is 0 Å². The number of halogens is 1. The predicted octanol–water partition coefficient (Wildman–Crippen LogP) is 1.73. The van der Waals surface area contributed by atoms with E-state index in [0.29, 0.717) is 5.69 Å². The van der Waals surface area contributed by atoms with Gasteiger partial charge in [0.2, 0.25) is 5.76 Å². The number of rotatable bonds is 7. The van der Waals surface area contributed by atoms with Crippen LogP contribution in [0.2, 0.25) is 0 Å². The second-order valence-corrected chi connectivity index (χ2v) is 4.15. The van der Waals surface area contributed by atoms with E-state index in [1.54, 1.807) is 0 Å². The number of nitrogens with zero attached hydrogens (tertiary/aromatic N) is 1. The zero-order valence-electron chi connectivity index (χ0n) is 10.9. The van der Waals surface area contributed by atoms with Gasteiger partial charge >= 0.3 is 5.97 Å². The number of aromatic nitrogens is 1. The molecule has 1 atom stereocenters. The van der Waals surface area contributed by atoms with Crippen molar-refractivity contribution in [2.45, 2.75) is 38.6 Å². The standard InChI is InChI=1S/C12H17FN2O4/c1-3-7(4-2)8-5-10(19-15-8)11(16)14-9(6-13)12(17)18/h5,7,9H,3-4,6H2,1-2H3,(H,14,16)(H,17,18). The number of carbonyl (C=O) groups is 2. The van der Waals surface area contributed by atoms with E-state index in [-0.39, 0.29) is 11.7 Å². The van der Waals surface area contributed by atoms with Crippen molar-refractivity contribution < 1.29 is 23.6 Å². The van der Waals surface area contributed by atoms with Gasteiger partial charge in [-0.25, -0.2) is 9.18 Å². The molecule has 0 aromatic carbocycles. The quantitative estimate of drug-likeness (QED) is 0.788. The Morgan fingerprint density at radius 3 is 2.58 bits per heavy atom. The third-order valence-corrected chi connectivity index (χ3v) is 2.91. The number of carboxylic acid groups (broad SMARTS) is 1. The molecular weight excluding hydrogens is 255 g/mol. The molecule has 6 nitrogen and oxygen atoms in total. The molecule has 1 rings (SSSR count). The molecule has 0 spiro atoms. The van der Waals surface area contributed by atoms with E-state index in [2.05, 4.69) is 5.16 Å². The first-order valence-electron chi connectivity index (χ1n) is 6.09. The second-order valence-electron chi connectivity index (χ2n) is 4.15. The minimum atomic E-state index is -1.57. The van der Waals surface area contributed by atoms with Crippen LogP contribution in [0, 0.1) is 0 Å². The molecule has 0 radical (unpaired) electrons. The lowest BCUT2D eigenvalue weighted by atomic mass is 9.99. The Kier molecular flexibility index (Phi) is 5.47. The first kappa shape index (κ1) is 15.1. The summed E-state index contributed by atoms with van der Waals surface area (Å²) >= 11 is 0. The van der Waals surface area contributed by atoms with Crippen molar-refractivity contribution in [2.24, 2.45) is 0 Å². The van der Waals surface area contributed by atoms with E-state index in [9.17, 15) is 14.0 Å². The summed E-state index contributed by atoms with van der Waals surface area (Å²) in [5.41, 5.74) is 0.641. The van der Waals surface area contributed by atoms with E-state index < -0.39 is 24.6 Å². The lowest BCUT2D eigenvalue weighted by Gasteiger charge is -2.08. The summed E-state index contributed by atoms with van der Waals surface area (Å²) < 4.78 is 17.2. The van der Waals surface area contributed by atoms with Crippen LogP contribution in [-0.4, -0.2) is 34.9 Å². The fourth-order valence-corrected chi connectivity index (χ4v) is 1.69. The largest absolute Gasteiger partial charge is 0.480 e. The fourth-order valence-electron chi connectivity index (χ4n) is 1.69. The summed E-state index contributed by atoms with van der Waals surface area (Å²) in [5, 5.41) is 14.4. The maximum Gasteiger partial charge on any atom is 0.328 e. The molecule has 0 saturated carbocycles. The van der Waals surface area contributed by atoms with Gasteiger partial charge in [0.1, 0.15) is 6.67 Å². The van der Waals surface area contributed by atoms with Crippen molar-refractivity contribution in [3.63, 3.8) is 0 Å². The molecule has 1 aromatic heterocycles. The Morgan fingerprint density at radius 1 is 1.47 bits per heavy atom. The summed E-state index contributed by atoms with van der Waals surface area (Å²) in [4.78, 5) is 22.3. The molecular formula is C12H17FN2O4. The second kappa shape index (κ2) is 6.86. The number of carbonyl (C=O) groups excluding carboxylic acids is 1. The van der Waals surface area contributed by atoms with Gasteiger partial charge in [0.15, 0.2) is 6.04 Å². The van der Waals surface area contributed by atoms with Crippen molar-refractivity contribution in [2.75, 3.05) is 6.67 Å². The van der Waals surface area contributed by atoms with Crippen LogP contribution >= 0.6 is 0 Å². The summed E-state index contributed by atoms with van der Waals surface area (Å²) in [5.74, 6) is -2.14. The number of hydrogen-bond donors (Lipinski definition) is 2. The van der Waals surface area contributed by atoms with Crippen LogP contribution in [0.4, 0.5) is 4.39 Å². The zero-order valence-corrected chi connectivity index (χ0v) is 10.9. The Bertz CT molecular complexity index is 443. The molecule has 7 heteroatoms. The first-order chi connectivity index (χ1) is 9.03. The lowest BCUT2D eigenvalue weighted by molar-refractivity contribution is -0.139. The minimum absolute atomic E-state index is 0.110. The van der Waals surface area contributed by atoms with E-state index in [1.165, 1.54) is 6.07 Å². The molecule has 0 aliphatic carbocycles. The third kappa shape index (κ3) is 3.77. The molecule has 2 N–H and O–H groups in total. The van der Waals surface area contributed by atoms with Gasteiger partial charge in [0, 0.05) is 12.0 Å². The van der Waals surface area contributed by atoms with E-state index in [0.717, 1.165) is 12.8 Å². The predicted molar refractivity (Wildman–Crippen MR) is 64.7 cm³/mol. The highest BCUT2D eigenvalue weighted by Crippen LogP contribution is 2.22. The number of carboxylic acids is 1. The van der Waals surface area contributed by atoms with Crippen LogP contribution in [0.25, 0.3) is 0 Å². The molecule has 0 saturated heterocycles. The summed E-state index contributed by atoms with van der Waals surface area (Å²) in [6, 6.07) is -0.112. The summed E-state index contributed by atoms with van der Waals surface area (Å²) in [7, 11) is 0. The average Bonchev–Trinajstić information content (AvgIpc) is 2.86. The molecule has 1 amide bonds. The number of hydrogen-bond acceptors (Lipinski definition) is 4. The van der Waals surface area contributed by atoms with Crippen LogP contribution < -0.4 is 5.32 Å². The van der Waals surface area contributed by atoms with E-state index in [4.69, 9.17) is 9.63 Å². The lowest BCUT2D eigenvalue weighted by Crippen LogP contribution is -2.42. The van der Waals surface area contributed by atoms with Gasteiger partial charge in [-0.15, -0.1) is 0 Å². The molecule has 106 valence electrons. The normalized spacial score (nSPS) is 12.4. The SMILES string of the molecule is CCC(CC)c1cc(C(=O)NC(CF)C(=O)O)on1. The number of alkyl halides is 1. The number of aliphatic carboxylic acids is 1. The smallest absolute Gasteiger partial charge is 0.328 e. The van der Waals surface area contributed by atoms with Gasteiger partial charge in [-0.2, -0.15) is 0 Å². The average molecular weight is 272 g/mol. The van der Waals surface area contributed by atoms with Crippen molar-refractivity contribution in [3.05, 3.63) is 17.5 Å². The fraction of sp³-hybridized carbons (Fsp3) is 0.583. The maximum absolute atomic E-state index is 12.4. The van der Waals surface area contributed by atoms with Gasteiger partial charge in [-0.1, -0.05) is 19.0 Å². The Hall–Kier alpha value is -1.92. The molecule has 1 unspecified atom stereocenters. The Balaban J connectivity index is 2.75. The molecule has 0 aliphatic rings. The highest BCUT2D eigenvalue weighted by molar-refractivity contribution is 5.94. The maximum atomic E-state index is 12.4. The van der Waals surface area contributed by atoms with Crippen LogP contribution in [0.15, 0.2) is 10.6 Å². The van der Waals surface area contributed by atoms with Crippen LogP contribution in [0.1, 0.15) is 48.9 Å². The van der Waals surface area contributed by atoms with Crippen LogP contribution in [0.3, 0.4) is 0 Å². The van der Waals surface area contributed by atoms with Gasteiger partial charge in [-0.3, -0.25) is 4.79 Å². The monoisotopic (exact) mass is 272 g/mol. The molecule has 19 heavy (non-hydrogen) atoms. The third-order valence-electron chi connectivity index (χ3n) is 2.91. The van der Waals surface area contributed by atoms with Crippen molar-refractivity contribution in [1.29, 1.82) is 0 Å². The Morgan fingerprint density at radius 2 is 2.11 bits per heavy atom. The van der Waals surface area contributed by atoms with Gasteiger partial charge in [0.05, 0.1) is 5.69 Å². The summed E-state index contributed by atoms with van der Waals surface area (Å²) in [6.07, 6.45) is 1.71. The molecule has 0 aliphatic heterocycles. The van der Waals surface area contributed by atoms with Crippen LogP contribution in [-0.2, 0) is 4.79 Å².